The van der Waals surface area contributed by atoms with Crippen LogP contribution in [0.5, 0.6) is 0 Å². The predicted molar refractivity (Wildman–Crippen MR) is 134 cm³/mol. The van der Waals surface area contributed by atoms with Crippen molar-refractivity contribution < 1.29 is 0 Å². The molecule has 1 saturated heterocycles. The molecule has 170 valence electrons. The number of fused-ring (bicyclic) bond motifs is 1. The van der Waals surface area contributed by atoms with Crippen molar-refractivity contribution in [2.45, 2.75) is 57.7 Å². The van der Waals surface area contributed by atoms with Crippen LogP contribution in [0.25, 0.3) is 31.6 Å². The number of nitrogens with zero attached hydrogens (tertiary/aromatic N) is 6. The number of thiazole rings is 2. The summed E-state index contributed by atoms with van der Waals surface area (Å²) in [5.41, 5.74) is 2.66. The molecule has 5 rings (SSSR count). The van der Waals surface area contributed by atoms with Crippen LogP contribution in [0.4, 0.5) is 5.13 Å². The lowest BCUT2D eigenvalue weighted by atomic mass is 9.79. The Morgan fingerprint density at radius 3 is 2.22 bits per heavy atom. The summed E-state index contributed by atoms with van der Waals surface area (Å²) < 4.78 is 0. The first-order valence-corrected chi connectivity index (χ1v) is 12.0. The quantitative estimate of drug-likeness (QED) is 0.425. The van der Waals surface area contributed by atoms with Crippen LogP contribution in [-0.2, 0) is 0 Å². The van der Waals surface area contributed by atoms with Gasteiger partial charge in [-0.05, 0) is 52.7 Å². The van der Waals surface area contributed by atoms with Crippen molar-refractivity contribution in [3.05, 3.63) is 24.5 Å². The zero-order valence-electron chi connectivity index (χ0n) is 18.7. The van der Waals surface area contributed by atoms with E-state index in [1.165, 1.54) is 0 Å². The van der Waals surface area contributed by atoms with Crippen molar-refractivity contribution in [2.75, 3.05) is 11.9 Å². The highest BCUT2D eigenvalue weighted by molar-refractivity contribution is 7.29. The average molecular weight is 491 g/mol. The molecule has 0 aromatic carbocycles. The van der Waals surface area contributed by atoms with E-state index >= 15 is 0 Å². The van der Waals surface area contributed by atoms with Crippen LogP contribution in [0.1, 0.15) is 40.5 Å². The number of aromatic amines is 1. The van der Waals surface area contributed by atoms with Crippen LogP contribution in [0, 0.1) is 0 Å². The summed E-state index contributed by atoms with van der Waals surface area (Å²) in [6.07, 6.45) is 5.69. The number of piperidine rings is 1. The van der Waals surface area contributed by atoms with Gasteiger partial charge in [0.15, 0.2) is 14.8 Å². The summed E-state index contributed by atoms with van der Waals surface area (Å²) in [7, 11) is 2.16. The molecule has 1 aliphatic rings. The summed E-state index contributed by atoms with van der Waals surface area (Å²) in [5, 5.41) is 21.0. The van der Waals surface area contributed by atoms with Crippen molar-refractivity contribution in [3.8, 4) is 22.0 Å². The lowest BCUT2D eigenvalue weighted by Gasteiger charge is -2.48. The predicted octanol–water partition coefficient (Wildman–Crippen LogP) is 4.77. The third kappa shape index (κ3) is 4.50. The molecule has 2 N–H and O–H groups in total. The molecular formula is C21H27ClN8S2. The highest BCUT2D eigenvalue weighted by Gasteiger charge is 2.39. The van der Waals surface area contributed by atoms with E-state index in [-0.39, 0.29) is 23.5 Å². The third-order valence-corrected chi connectivity index (χ3v) is 7.80. The molecule has 0 bridgehead atoms. The highest BCUT2D eigenvalue weighted by Crippen LogP contribution is 2.38. The normalized spacial score (nSPS) is 17.9. The Balaban J connectivity index is 0.00000245. The second-order valence-electron chi connectivity index (χ2n) is 9.48. The largest absolute Gasteiger partial charge is 0.348 e. The fourth-order valence-corrected chi connectivity index (χ4v) is 6.62. The number of hydrogen-bond donors (Lipinski definition) is 2. The minimum Gasteiger partial charge on any atom is -0.348 e. The molecule has 4 aromatic heterocycles. The highest BCUT2D eigenvalue weighted by atomic mass is 35.5. The molecule has 1 fully saturated rings. The maximum atomic E-state index is 4.91. The Kier molecular flexibility index (Phi) is 6.00. The third-order valence-electron chi connectivity index (χ3n) is 5.66. The number of nitrogens with one attached hydrogen (secondary N) is 2. The maximum Gasteiger partial charge on any atom is 0.188 e. The van der Waals surface area contributed by atoms with E-state index in [0.717, 1.165) is 49.6 Å². The number of halogens is 1. The van der Waals surface area contributed by atoms with Gasteiger partial charge in [-0.1, -0.05) is 22.7 Å². The van der Waals surface area contributed by atoms with Gasteiger partial charge in [0, 0.05) is 35.9 Å². The van der Waals surface area contributed by atoms with Crippen LogP contribution in [-0.4, -0.2) is 54.5 Å². The minimum atomic E-state index is 0. The Bertz CT molecular complexity index is 1150. The molecule has 32 heavy (non-hydrogen) atoms. The van der Waals surface area contributed by atoms with Gasteiger partial charge in [0.25, 0.3) is 0 Å². The molecule has 5 heterocycles. The summed E-state index contributed by atoms with van der Waals surface area (Å²) >= 11 is 3.22. The van der Waals surface area contributed by atoms with E-state index in [4.69, 9.17) is 9.97 Å². The SMILES string of the molecule is CN(c1nc2sc(-c3ccc(-c4cn[nH]c4)nn3)nc2s1)C1CC(C)(C)NC(C)(C)C1.Cl. The number of rotatable bonds is 4. The van der Waals surface area contributed by atoms with Gasteiger partial charge in [-0.25, -0.2) is 9.97 Å². The molecule has 1 aliphatic heterocycles. The molecule has 0 amide bonds. The molecular weight excluding hydrogens is 464 g/mol. The van der Waals surface area contributed by atoms with E-state index in [9.17, 15) is 0 Å². The second kappa shape index (κ2) is 8.33. The smallest absolute Gasteiger partial charge is 0.188 e. The van der Waals surface area contributed by atoms with Crippen molar-refractivity contribution in [1.29, 1.82) is 0 Å². The average Bonchev–Trinajstić information content (AvgIpc) is 3.41. The molecule has 8 nitrogen and oxygen atoms in total. The molecule has 0 saturated carbocycles. The number of H-pyrrole nitrogens is 1. The first kappa shape index (κ1) is 23.0. The first-order chi connectivity index (χ1) is 14.7. The zero-order chi connectivity index (χ0) is 21.8. The molecule has 11 heteroatoms. The van der Waals surface area contributed by atoms with Crippen molar-refractivity contribution in [3.63, 3.8) is 0 Å². The van der Waals surface area contributed by atoms with Gasteiger partial charge in [0.05, 0.1) is 11.9 Å². The summed E-state index contributed by atoms with van der Waals surface area (Å²) in [5.74, 6) is 0. The Labute approximate surface area is 201 Å². The Hall–Kier alpha value is -2.14. The molecule has 0 spiro atoms. The Morgan fingerprint density at radius 1 is 0.969 bits per heavy atom. The van der Waals surface area contributed by atoms with Gasteiger partial charge in [-0.2, -0.15) is 5.10 Å². The maximum absolute atomic E-state index is 4.91. The summed E-state index contributed by atoms with van der Waals surface area (Å²) in [6.45, 7) is 9.12. The van der Waals surface area contributed by atoms with Crippen molar-refractivity contribution in [2.24, 2.45) is 0 Å². The number of anilines is 1. The van der Waals surface area contributed by atoms with Crippen LogP contribution in [0.2, 0.25) is 0 Å². The van der Waals surface area contributed by atoms with E-state index < -0.39 is 0 Å². The summed E-state index contributed by atoms with van der Waals surface area (Å²) in [4.78, 5) is 13.9. The fourth-order valence-electron chi connectivity index (χ4n) is 4.58. The molecule has 0 aliphatic carbocycles. The minimum absolute atomic E-state index is 0. The van der Waals surface area contributed by atoms with Gasteiger partial charge >= 0.3 is 0 Å². The second-order valence-corrected chi connectivity index (χ2v) is 11.4. The van der Waals surface area contributed by atoms with Gasteiger partial charge in [0.1, 0.15) is 10.7 Å². The molecule has 0 atom stereocenters. The van der Waals surface area contributed by atoms with Gasteiger partial charge in [-0.15, -0.1) is 22.6 Å². The lowest BCUT2D eigenvalue weighted by molar-refractivity contribution is 0.161. The van der Waals surface area contributed by atoms with E-state index in [2.05, 4.69) is 65.4 Å². The first-order valence-electron chi connectivity index (χ1n) is 10.3. The molecule has 4 aromatic rings. The van der Waals surface area contributed by atoms with Crippen molar-refractivity contribution in [1.82, 2.24) is 35.7 Å². The number of hydrogen-bond acceptors (Lipinski definition) is 9. The van der Waals surface area contributed by atoms with E-state index in [0.29, 0.717) is 6.04 Å². The van der Waals surface area contributed by atoms with Crippen LogP contribution in [0.3, 0.4) is 0 Å². The van der Waals surface area contributed by atoms with E-state index in [1.807, 2.05) is 12.1 Å². The van der Waals surface area contributed by atoms with Gasteiger partial charge < -0.3 is 10.2 Å². The van der Waals surface area contributed by atoms with Crippen LogP contribution < -0.4 is 10.2 Å². The van der Waals surface area contributed by atoms with Gasteiger partial charge in [-0.3, -0.25) is 5.10 Å². The molecule has 0 unspecified atom stereocenters. The lowest BCUT2D eigenvalue weighted by Crippen LogP contribution is -2.61. The fraction of sp³-hybridized carbons (Fsp3) is 0.476. The summed E-state index contributed by atoms with van der Waals surface area (Å²) in [6, 6.07) is 4.33. The standard InChI is InChI=1S/C21H26N8S2.ClH/c1-20(2)8-13(9-21(3,4)28-20)29(5)19-25-18-17(31-19)24-16(30-18)15-7-6-14(26-27-15)12-10-22-23-11-12;/h6-7,10-11,13,28H,8-9H2,1-5H3,(H,22,23);1H. The molecule has 0 radical (unpaired) electrons. The van der Waals surface area contributed by atoms with E-state index in [1.54, 1.807) is 35.1 Å². The van der Waals surface area contributed by atoms with Crippen LogP contribution in [0.15, 0.2) is 24.5 Å². The van der Waals surface area contributed by atoms with Gasteiger partial charge in [0.2, 0.25) is 0 Å². The monoisotopic (exact) mass is 490 g/mol. The number of aromatic nitrogens is 6. The van der Waals surface area contributed by atoms with Crippen molar-refractivity contribution >= 4 is 49.9 Å². The zero-order valence-corrected chi connectivity index (χ0v) is 21.2. The topological polar surface area (TPSA) is 95.5 Å². The Morgan fingerprint density at radius 2 is 1.62 bits per heavy atom. The van der Waals surface area contributed by atoms with Crippen LogP contribution >= 0.6 is 35.1 Å².